The molecule has 0 unspecified atom stereocenters. The Kier molecular flexibility index (Phi) is 3.99. The van der Waals surface area contributed by atoms with E-state index >= 15 is 0 Å². The van der Waals surface area contributed by atoms with Gasteiger partial charge in [-0.3, -0.25) is 9.59 Å². The summed E-state index contributed by atoms with van der Waals surface area (Å²) in [5.41, 5.74) is 2.02. The van der Waals surface area contributed by atoms with Crippen LogP contribution in [0.3, 0.4) is 0 Å². The monoisotopic (exact) mass is 386 g/mol. The molecule has 4 rings (SSSR count). The number of anilines is 1. The first-order valence-electron chi connectivity index (χ1n) is 8.37. The van der Waals surface area contributed by atoms with Crippen molar-refractivity contribution < 1.29 is 14.0 Å². The number of pyridine rings is 1. The molecule has 0 bridgehead atoms. The van der Waals surface area contributed by atoms with Gasteiger partial charge in [0.2, 0.25) is 5.91 Å². The van der Waals surface area contributed by atoms with Crippen molar-refractivity contribution >= 4 is 34.6 Å². The van der Waals surface area contributed by atoms with E-state index in [0.717, 1.165) is 5.69 Å². The fourth-order valence-electron chi connectivity index (χ4n) is 3.58. The molecule has 1 aliphatic heterocycles. The molecule has 27 heavy (non-hydrogen) atoms. The molecule has 0 saturated heterocycles. The maximum absolute atomic E-state index is 13.2. The zero-order chi connectivity index (χ0) is 19.3. The summed E-state index contributed by atoms with van der Waals surface area (Å²) in [7, 11) is 0. The number of carbonyl (C=O) groups is 2. The summed E-state index contributed by atoms with van der Waals surface area (Å²) >= 11 is 5.77. The number of rotatable bonds is 3. The van der Waals surface area contributed by atoms with E-state index in [9.17, 15) is 14.0 Å². The van der Waals surface area contributed by atoms with Crippen molar-refractivity contribution in [1.82, 2.24) is 14.6 Å². The van der Waals surface area contributed by atoms with E-state index in [2.05, 4.69) is 10.1 Å². The van der Waals surface area contributed by atoms with Crippen LogP contribution >= 0.6 is 11.6 Å². The molecule has 8 heteroatoms. The Morgan fingerprint density at radius 3 is 2.63 bits per heavy atom. The molecule has 0 saturated carbocycles. The Bertz CT molecular complexity index is 1080. The van der Waals surface area contributed by atoms with Crippen LogP contribution in [0.1, 0.15) is 35.5 Å². The van der Waals surface area contributed by atoms with Crippen LogP contribution in [0.5, 0.6) is 0 Å². The van der Waals surface area contributed by atoms with Gasteiger partial charge in [0, 0.05) is 17.5 Å². The van der Waals surface area contributed by atoms with Crippen LogP contribution in [-0.4, -0.2) is 38.7 Å². The van der Waals surface area contributed by atoms with Gasteiger partial charge in [-0.15, -0.1) is 11.6 Å². The lowest BCUT2D eigenvalue weighted by molar-refractivity contribution is -0.116. The van der Waals surface area contributed by atoms with Crippen molar-refractivity contribution in [3.8, 4) is 0 Å². The van der Waals surface area contributed by atoms with E-state index in [4.69, 9.17) is 11.6 Å². The van der Waals surface area contributed by atoms with E-state index in [-0.39, 0.29) is 23.0 Å². The topological polar surface area (TPSA) is 67.6 Å². The molecular weight excluding hydrogens is 371 g/mol. The predicted octanol–water partition coefficient (Wildman–Crippen LogP) is 2.96. The second-order valence-corrected chi connectivity index (χ2v) is 7.39. The standard InChI is InChI=1S/C19H16ClFN4O2/c1-19(2)9-24(15(26)8-20)14-7-13(18-22-10-23-25(18)17(14)19)16(27)11-3-5-12(21)6-4-11/h3-7,10H,8-9H2,1-2H3. The fraction of sp³-hybridized carbons (Fsp3) is 0.263. The number of hydrogen-bond acceptors (Lipinski definition) is 4. The highest BCUT2D eigenvalue weighted by Crippen LogP contribution is 2.41. The average molecular weight is 387 g/mol. The van der Waals surface area contributed by atoms with Gasteiger partial charge in [-0.25, -0.2) is 13.9 Å². The minimum atomic E-state index is -0.422. The average Bonchev–Trinajstić information content (AvgIpc) is 3.22. The number of ketones is 1. The number of aromatic nitrogens is 3. The van der Waals surface area contributed by atoms with Gasteiger partial charge in [0.05, 0.1) is 16.9 Å². The molecule has 1 amide bonds. The summed E-state index contributed by atoms with van der Waals surface area (Å²) in [6, 6.07) is 6.96. The zero-order valence-corrected chi connectivity index (χ0v) is 15.5. The second kappa shape index (κ2) is 6.13. The van der Waals surface area contributed by atoms with E-state index in [0.29, 0.717) is 29.0 Å². The third-order valence-corrected chi connectivity index (χ3v) is 5.00. The maximum atomic E-state index is 13.2. The van der Waals surface area contributed by atoms with Gasteiger partial charge < -0.3 is 4.90 Å². The molecule has 6 nitrogen and oxygen atoms in total. The van der Waals surface area contributed by atoms with Gasteiger partial charge in [0.15, 0.2) is 11.4 Å². The van der Waals surface area contributed by atoms with Crippen LogP contribution in [0.25, 0.3) is 5.65 Å². The summed E-state index contributed by atoms with van der Waals surface area (Å²) in [6.45, 7) is 4.42. The number of benzene rings is 1. The highest BCUT2D eigenvalue weighted by atomic mass is 35.5. The maximum Gasteiger partial charge on any atom is 0.241 e. The first kappa shape index (κ1) is 17.6. The number of halogens is 2. The van der Waals surface area contributed by atoms with Crippen LogP contribution < -0.4 is 4.90 Å². The van der Waals surface area contributed by atoms with Gasteiger partial charge in [0.1, 0.15) is 18.0 Å². The molecule has 1 aliphatic rings. The highest BCUT2D eigenvalue weighted by Gasteiger charge is 2.41. The van der Waals surface area contributed by atoms with Gasteiger partial charge in [-0.2, -0.15) is 5.10 Å². The van der Waals surface area contributed by atoms with Crippen LogP contribution in [0.4, 0.5) is 10.1 Å². The summed E-state index contributed by atoms with van der Waals surface area (Å²) in [5.74, 6) is -1.15. The van der Waals surface area contributed by atoms with Crippen molar-refractivity contribution in [2.75, 3.05) is 17.3 Å². The lowest BCUT2D eigenvalue weighted by atomic mass is 9.90. The third-order valence-electron chi connectivity index (χ3n) is 4.78. The van der Waals surface area contributed by atoms with Gasteiger partial charge in [0.25, 0.3) is 0 Å². The SMILES string of the molecule is CC1(C)CN(C(=O)CCl)c2cc(C(=O)c3ccc(F)cc3)c3ncnn3c21. The van der Waals surface area contributed by atoms with Crippen LogP contribution in [-0.2, 0) is 10.2 Å². The number of nitrogens with zero attached hydrogens (tertiary/aromatic N) is 4. The molecule has 3 aromatic rings. The minimum Gasteiger partial charge on any atom is -0.309 e. The smallest absolute Gasteiger partial charge is 0.241 e. The zero-order valence-electron chi connectivity index (χ0n) is 14.7. The molecule has 0 fully saturated rings. The van der Waals surface area contributed by atoms with Crippen molar-refractivity contribution in [2.45, 2.75) is 19.3 Å². The molecule has 138 valence electrons. The lowest BCUT2D eigenvalue weighted by Crippen LogP contribution is -2.34. The summed E-state index contributed by atoms with van der Waals surface area (Å²) in [5, 5.41) is 4.28. The van der Waals surface area contributed by atoms with Crippen molar-refractivity contribution in [2.24, 2.45) is 0 Å². The molecule has 0 atom stereocenters. The largest absolute Gasteiger partial charge is 0.309 e. The molecule has 2 aromatic heterocycles. The Morgan fingerprint density at radius 1 is 1.26 bits per heavy atom. The van der Waals surface area contributed by atoms with Crippen molar-refractivity contribution in [3.63, 3.8) is 0 Å². The minimum absolute atomic E-state index is 0.161. The fourth-order valence-corrected chi connectivity index (χ4v) is 3.72. The Morgan fingerprint density at radius 2 is 1.96 bits per heavy atom. The van der Waals surface area contributed by atoms with E-state index in [1.54, 1.807) is 15.5 Å². The number of fused-ring (bicyclic) bond motifs is 3. The first-order chi connectivity index (χ1) is 12.8. The molecule has 1 aromatic carbocycles. The van der Waals surface area contributed by atoms with E-state index in [1.807, 2.05) is 13.8 Å². The Labute approximate surface area is 159 Å². The van der Waals surface area contributed by atoms with Crippen molar-refractivity contribution in [1.29, 1.82) is 0 Å². The summed E-state index contributed by atoms with van der Waals surface area (Å²) < 4.78 is 14.8. The second-order valence-electron chi connectivity index (χ2n) is 7.12. The highest BCUT2D eigenvalue weighted by molar-refractivity contribution is 6.29. The number of amides is 1. The van der Waals surface area contributed by atoms with Crippen molar-refractivity contribution in [3.05, 3.63) is 59.3 Å². The normalized spacial score (nSPS) is 15.2. The van der Waals surface area contributed by atoms with Gasteiger partial charge >= 0.3 is 0 Å². The Hall–Kier alpha value is -2.80. The molecule has 0 N–H and O–H groups in total. The number of hydrogen-bond donors (Lipinski definition) is 0. The predicted molar refractivity (Wildman–Crippen MR) is 98.9 cm³/mol. The van der Waals surface area contributed by atoms with E-state index < -0.39 is 5.82 Å². The lowest BCUT2D eigenvalue weighted by Gasteiger charge is -2.19. The van der Waals surface area contributed by atoms with Gasteiger partial charge in [-0.05, 0) is 30.3 Å². The molecule has 0 aliphatic carbocycles. The van der Waals surface area contributed by atoms with Crippen LogP contribution in [0.15, 0.2) is 36.7 Å². The molecule has 0 radical (unpaired) electrons. The summed E-state index contributed by atoms with van der Waals surface area (Å²) in [4.78, 5) is 31.2. The molecular formula is C19H16ClFN4O2. The number of carbonyl (C=O) groups excluding carboxylic acids is 2. The summed E-state index contributed by atoms with van der Waals surface area (Å²) in [6.07, 6.45) is 1.37. The molecule has 0 spiro atoms. The van der Waals surface area contributed by atoms with Crippen LogP contribution in [0.2, 0.25) is 0 Å². The Balaban J connectivity index is 1.95. The first-order valence-corrected chi connectivity index (χ1v) is 8.91. The molecule has 3 heterocycles. The van der Waals surface area contributed by atoms with E-state index in [1.165, 1.54) is 30.6 Å². The quantitative estimate of drug-likeness (QED) is 0.512. The van der Waals surface area contributed by atoms with Gasteiger partial charge in [-0.1, -0.05) is 13.8 Å². The van der Waals surface area contributed by atoms with Crippen LogP contribution in [0, 0.1) is 5.82 Å². The third kappa shape index (κ3) is 2.70. The number of alkyl halides is 1.